The molecular weight excluding hydrogens is 308 g/mol. The van der Waals surface area contributed by atoms with Crippen molar-refractivity contribution < 1.29 is 9.72 Å². The number of hydrogen-bond acceptors (Lipinski definition) is 4. The second-order valence-electron chi connectivity index (χ2n) is 6.17. The predicted molar refractivity (Wildman–Crippen MR) is 92.5 cm³/mol. The quantitative estimate of drug-likeness (QED) is 0.664. The maximum atomic E-state index is 12.4. The van der Waals surface area contributed by atoms with E-state index in [1.54, 1.807) is 0 Å². The van der Waals surface area contributed by atoms with Gasteiger partial charge in [0.25, 0.3) is 11.6 Å². The summed E-state index contributed by atoms with van der Waals surface area (Å²) in [5, 5.41) is 13.6. The first-order chi connectivity index (χ1) is 11.5. The number of anilines is 2. The lowest BCUT2D eigenvalue weighted by molar-refractivity contribution is -0.384. The van der Waals surface area contributed by atoms with Gasteiger partial charge in [0.05, 0.1) is 22.5 Å². The largest absolute Gasteiger partial charge is 0.370 e. The van der Waals surface area contributed by atoms with Gasteiger partial charge in [0, 0.05) is 19.2 Å². The second-order valence-corrected chi connectivity index (χ2v) is 6.17. The number of piperidine rings is 1. The van der Waals surface area contributed by atoms with Crippen molar-refractivity contribution in [2.75, 3.05) is 23.3 Å². The molecule has 1 aliphatic heterocycles. The number of para-hydroxylation sites is 2. The molecule has 1 amide bonds. The van der Waals surface area contributed by atoms with Crippen molar-refractivity contribution >= 4 is 23.0 Å². The van der Waals surface area contributed by atoms with Crippen LogP contribution in [-0.4, -0.2) is 28.9 Å². The normalized spacial score (nSPS) is 15.3. The van der Waals surface area contributed by atoms with Gasteiger partial charge in [0.15, 0.2) is 0 Å². The molecule has 126 valence electrons. The molecular formula is C17H20N4O3. The molecule has 0 bridgehead atoms. The zero-order valence-electron chi connectivity index (χ0n) is 13.5. The summed E-state index contributed by atoms with van der Waals surface area (Å²) in [7, 11) is 0. The number of carbonyl (C=O) groups excluding carboxylic acids is 1. The molecule has 2 heterocycles. The lowest BCUT2D eigenvalue weighted by Crippen LogP contribution is -2.33. The number of benzene rings is 1. The minimum atomic E-state index is -0.532. The summed E-state index contributed by atoms with van der Waals surface area (Å²) in [5.74, 6) is 0.336. The molecule has 0 atom stereocenters. The molecule has 0 spiro atoms. The molecule has 0 radical (unpaired) electrons. The standard InChI is InChI=1S/C17H20N4O3/c1-12-6-8-20(9-7-12)16-5-3-2-4-14(16)19-17(22)15-10-13(11-18-15)21(23)24/h2-5,10-12,18H,6-9H2,1H3,(H,19,22). The van der Waals surface area contributed by atoms with Gasteiger partial charge in [-0.2, -0.15) is 0 Å². The lowest BCUT2D eigenvalue weighted by Gasteiger charge is -2.33. The van der Waals surface area contributed by atoms with Crippen LogP contribution in [0.25, 0.3) is 0 Å². The third-order valence-corrected chi connectivity index (χ3v) is 4.40. The van der Waals surface area contributed by atoms with Crippen LogP contribution in [0.5, 0.6) is 0 Å². The predicted octanol–water partition coefficient (Wildman–Crippen LogP) is 3.41. The van der Waals surface area contributed by atoms with Gasteiger partial charge < -0.3 is 15.2 Å². The van der Waals surface area contributed by atoms with Gasteiger partial charge in [-0.1, -0.05) is 19.1 Å². The van der Waals surface area contributed by atoms with E-state index in [2.05, 4.69) is 22.1 Å². The highest BCUT2D eigenvalue weighted by molar-refractivity contribution is 6.05. The monoisotopic (exact) mass is 328 g/mol. The Morgan fingerprint density at radius 1 is 1.33 bits per heavy atom. The fourth-order valence-corrected chi connectivity index (χ4v) is 2.91. The van der Waals surface area contributed by atoms with E-state index in [-0.39, 0.29) is 17.3 Å². The van der Waals surface area contributed by atoms with Crippen molar-refractivity contribution in [2.24, 2.45) is 5.92 Å². The molecule has 1 saturated heterocycles. The van der Waals surface area contributed by atoms with E-state index in [9.17, 15) is 14.9 Å². The van der Waals surface area contributed by atoms with Crippen LogP contribution in [0.1, 0.15) is 30.3 Å². The Hall–Kier alpha value is -2.83. The van der Waals surface area contributed by atoms with Gasteiger partial charge in [0.2, 0.25) is 0 Å². The minimum absolute atomic E-state index is 0.126. The number of rotatable bonds is 4. The summed E-state index contributed by atoms with van der Waals surface area (Å²) in [4.78, 5) is 27.5. The number of aromatic amines is 1. The van der Waals surface area contributed by atoms with E-state index in [1.165, 1.54) is 12.3 Å². The first-order valence-corrected chi connectivity index (χ1v) is 8.02. The topological polar surface area (TPSA) is 91.3 Å². The van der Waals surface area contributed by atoms with Gasteiger partial charge in [-0.25, -0.2) is 0 Å². The fourth-order valence-electron chi connectivity index (χ4n) is 2.91. The maximum absolute atomic E-state index is 12.4. The molecule has 3 rings (SSSR count). The minimum Gasteiger partial charge on any atom is -0.370 e. The number of hydrogen-bond donors (Lipinski definition) is 2. The number of aromatic nitrogens is 1. The van der Waals surface area contributed by atoms with Crippen molar-refractivity contribution in [3.63, 3.8) is 0 Å². The summed E-state index contributed by atoms with van der Waals surface area (Å²) in [6.07, 6.45) is 3.48. The van der Waals surface area contributed by atoms with Crippen LogP contribution in [0.3, 0.4) is 0 Å². The first-order valence-electron chi connectivity index (χ1n) is 8.02. The van der Waals surface area contributed by atoms with Gasteiger partial charge in [0.1, 0.15) is 5.69 Å². The fraction of sp³-hybridized carbons (Fsp3) is 0.353. The van der Waals surface area contributed by atoms with Crippen LogP contribution in [0, 0.1) is 16.0 Å². The molecule has 0 aliphatic carbocycles. The number of H-pyrrole nitrogens is 1. The molecule has 1 aromatic heterocycles. The lowest BCUT2D eigenvalue weighted by atomic mass is 9.98. The Bertz CT molecular complexity index is 748. The van der Waals surface area contributed by atoms with Crippen molar-refractivity contribution in [2.45, 2.75) is 19.8 Å². The van der Waals surface area contributed by atoms with Crippen LogP contribution < -0.4 is 10.2 Å². The van der Waals surface area contributed by atoms with Crippen LogP contribution in [-0.2, 0) is 0 Å². The summed E-state index contributed by atoms with van der Waals surface area (Å²) < 4.78 is 0. The first kappa shape index (κ1) is 16.0. The van der Waals surface area contributed by atoms with Crippen molar-refractivity contribution in [3.8, 4) is 0 Å². The average Bonchev–Trinajstić information content (AvgIpc) is 3.07. The molecule has 1 aliphatic rings. The van der Waals surface area contributed by atoms with Crippen LogP contribution >= 0.6 is 0 Å². The summed E-state index contributed by atoms with van der Waals surface area (Å²) in [5.41, 5.74) is 1.75. The van der Waals surface area contributed by atoms with E-state index in [0.29, 0.717) is 5.69 Å². The third kappa shape index (κ3) is 3.40. The smallest absolute Gasteiger partial charge is 0.287 e. The molecule has 1 aromatic carbocycles. The number of nitro groups is 1. The van der Waals surface area contributed by atoms with Crippen LogP contribution in [0.15, 0.2) is 36.5 Å². The molecule has 7 nitrogen and oxygen atoms in total. The Morgan fingerprint density at radius 2 is 2.04 bits per heavy atom. The van der Waals surface area contributed by atoms with Crippen molar-refractivity contribution in [1.29, 1.82) is 0 Å². The number of nitrogens with zero attached hydrogens (tertiary/aromatic N) is 2. The Kier molecular flexibility index (Phi) is 4.50. The molecule has 7 heteroatoms. The Balaban J connectivity index is 1.77. The van der Waals surface area contributed by atoms with Gasteiger partial charge in [-0.15, -0.1) is 0 Å². The van der Waals surface area contributed by atoms with E-state index in [1.807, 2.05) is 24.3 Å². The van der Waals surface area contributed by atoms with Gasteiger partial charge in [-0.3, -0.25) is 14.9 Å². The summed E-state index contributed by atoms with van der Waals surface area (Å²) in [6, 6.07) is 8.89. The summed E-state index contributed by atoms with van der Waals surface area (Å²) >= 11 is 0. The highest BCUT2D eigenvalue weighted by Gasteiger charge is 2.20. The van der Waals surface area contributed by atoms with E-state index >= 15 is 0 Å². The van der Waals surface area contributed by atoms with Gasteiger partial charge >= 0.3 is 0 Å². The molecule has 2 N–H and O–H groups in total. The zero-order chi connectivity index (χ0) is 17.1. The number of carbonyl (C=O) groups is 1. The van der Waals surface area contributed by atoms with Crippen LogP contribution in [0.2, 0.25) is 0 Å². The van der Waals surface area contributed by atoms with E-state index < -0.39 is 4.92 Å². The van der Waals surface area contributed by atoms with Crippen LogP contribution in [0.4, 0.5) is 17.1 Å². The zero-order valence-corrected chi connectivity index (χ0v) is 13.5. The van der Waals surface area contributed by atoms with Crippen molar-refractivity contribution in [1.82, 2.24) is 4.98 Å². The molecule has 1 fully saturated rings. The Labute approximate surface area is 139 Å². The maximum Gasteiger partial charge on any atom is 0.287 e. The molecule has 2 aromatic rings. The number of amides is 1. The second kappa shape index (κ2) is 6.74. The average molecular weight is 328 g/mol. The van der Waals surface area contributed by atoms with E-state index in [4.69, 9.17) is 0 Å². The third-order valence-electron chi connectivity index (χ3n) is 4.40. The Morgan fingerprint density at radius 3 is 2.71 bits per heavy atom. The summed E-state index contributed by atoms with van der Waals surface area (Å²) in [6.45, 7) is 4.17. The number of nitrogens with one attached hydrogen (secondary N) is 2. The SMILES string of the molecule is CC1CCN(c2ccccc2NC(=O)c2cc([N+](=O)[O-])c[nH]2)CC1. The molecule has 24 heavy (non-hydrogen) atoms. The van der Waals surface area contributed by atoms with E-state index in [0.717, 1.165) is 37.5 Å². The van der Waals surface area contributed by atoms with Crippen molar-refractivity contribution in [3.05, 3.63) is 52.3 Å². The highest BCUT2D eigenvalue weighted by atomic mass is 16.6. The molecule has 0 saturated carbocycles. The molecule has 0 unspecified atom stereocenters. The highest BCUT2D eigenvalue weighted by Crippen LogP contribution is 2.30. The van der Waals surface area contributed by atoms with Gasteiger partial charge in [-0.05, 0) is 30.9 Å².